The van der Waals surface area contributed by atoms with Gasteiger partial charge in [-0.2, -0.15) is 0 Å². The van der Waals surface area contributed by atoms with Crippen LogP contribution in [0.5, 0.6) is 0 Å². The Bertz CT molecular complexity index is 180. The first-order valence-electron chi connectivity index (χ1n) is 4.63. The molecule has 1 N–H and O–H groups in total. The van der Waals surface area contributed by atoms with Crippen molar-refractivity contribution in [3.05, 3.63) is 0 Å². The first-order chi connectivity index (χ1) is 5.33. The van der Waals surface area contributed by atoms with E-state index in [-0.39, 0.29) is 0 Å². The summed E-state index contributed by atoms with van der Waals surface area (Å²) < 4.78 is 0. The van der Waals surface area contributed by atoms with Gasteiger partial charge in [0, 0.05) is 37.2 Å². The maximum atomic E-state index is 7.89. The van der Waals surface area contributed by atoms with Gasteiger partial charge in [-0.25, -0.2) is 0 Å². The van der Waals surface area contributed by atoms with Gasteiger partial charge in [0.2, 0.25) is 0 Å². The van der Waals surface area contributed by atoms with Crippen LogP contribution in [0.4, 0.5) is 0 Å². The third-order valence-corrected chi connectivity index (χ3v) is 3.59. The van der Waals surface area contributed by atoms with Gasteiger partial charge in [-0.15, -0.1) is 0 Å². The summed E-state index contributed by atoms with van der Waals surface area (Å²) in [4.78, 5) is 2.56. The van der Waals surface area contributed by atoms with E-state index in [2.05, 4.69) is 4.90 Å². The van der Waals surface area contributed by atoms with Crippen molar-refractivity contribution in [1.82, 2.24) is 4.90 Å². The van der Waals surface area contributed by atoms with Gasteiger partial charge < -0.3 is 10.3 Å². The summed E-state index contributed by atoms with van der Waals surface area (Å²) in [6.45, 7) is 3.73. The van der Waals surface area contributed by atoms with Crippen LogP contribution in [-0.2, 0) is 0 Å². The van der Waals surface area contributed by atoms with Crippen LogP contribution >= 0.6 is 0 Å². The maximum absolute atomic E-state index is 7.89. The molecule has 4 fully saturated rings. The Morgan fingerprint density at radius 3 is 2.27 bits per heavy atom. The van der Waals surface area contributed by atoms with Gasteiger partial charge in [-0.1, -0.05) is 0 Å². The zero-order valence-electron chi connectivity index (χ0n) is 6.71. The first kappa shape index (κ1) is 6.18. The van der Waals surface area contributed by atoms with E-state index in [1.807, 2.05) is 0 Å². The summed E-state index contributed by atoms with van der Waals surface area (Å²) in [5.74, 6) is 2.25. The zero-order chi connectivity index (χ0) is 7.42. The number of rotatable bonds is 0. The second kappa shape index (κ2) is 1.86. The molecule has 11 heavy (non-hydrogen) atoms. The predicted octanol–water partition coefficient (Wildman–Crippen LogP) is 0.978. The topological polar surface area (TPSA) is 27.1 Å². The lowest BCUT2D eigenvalue weighted by molar-refractivity contribution is 0.0561. The highest BCUT2D eigenvalue weighted by molar-refractivity contribution is 5.88. The van der Waals surface area contributed by atoms with Crippen molar-refractivity contribution in [3.63, 3.8) is 0 Å². The minimum absolute atomic E-state index is 0.654. The van der Waals surface area contributed by atoms with Crippen molar-refractivity contribution < 1.29 is 0 Å². The van der Waals surface area contributed by atoms with Crippen LogP contribution < -0.4 is 0 Å². The number of nitrogens with zero attached hydrogens (tertiary/aromatic N) is 1. The van der Waals surface area contributed by atoms with Crippen molar-refractivity contribution in [2.75, 3.05) is 19.6 Å². The molecule has 0 amide bonds. The fourth-order valence-electron chi connectivity index (χ4n) is 3.20. The summed E-state index contributed by atoms with van der Waals surface area (Å²) in [7, 11) is 0. The van der Waals surface area contributed by atoms with Crippen LogP contribution in [0.3, 0.4) is 0 Å². The highest BCUT2D eigenvalue weighted by Crippen LogP contribution is 2.40. The van der Waals surface area contributed by atoms with Gasteiger partial charge in [0.25, 0.3) is 0 Å². The third-order valence-electron chi connectivity index (χ3n) is 3.59. The fraction of sp³-hybridized carbons (Fsp3) is 0.889. The van der Waals surface area contributed by atoms with E-state index in [1.165, 1.54) is 32.5 Å². The normalized spacial score (nSPS) is 53.6. The van der Waals surface area contributed by atoms with Crippen LogP contribution in [0, 0.1) is 23.2 Å². The molecule has 0 aromatic rings. The molecule has 4 bridgehead atoms. The lowest BCUT2D eigenvalue weighted by atomic mass is 9.67. The molecule has 0 spiro atoms. The van der Waals surface area contributed by atoms with E-state index in [1.54, 1.807) is 0 Å². The monoisotopic (exact) mass is 150 g/mol. The van der Waals surface area contributed by atoms with E-state index in [0.717, 1.165) is 11.6 Å². The molecule has 2 unspecified atom stereocenters. The molecular formula is C9H14N2. The second-order valence-corrected chi connectivity index (χ2v) is 4.41. The summed E-state index contributed by atoms with van der Waals surface area (Å²) in [5.41, 5.74) is 1.08. The van der Waals surface area contributed by atoms with E-state index in [4.69, 9.17) is 5.41 Å². The van der Waals surface area contributed by atoms with Crippen molar-refractivity contribution in [2.24, 2.45) is 17.8 Å². The van der Waals surface area contributed by atoms with Crippen LogP contribution in [0.15, 0.2) is 0 Å². The summed E-state index contributed by atoms with van der Waals surface area (Å²) in [6, 6.07) is 0. The smallest absolute Gasteiger partial charge is 0.0177 e. The zero-order valence-corrected chi connectivity index (χ0v) is 6.71. The molecule has 3 heterocycles. The molecule has 3 saturated heterocycles. The van der Waals surface area contributed by atoms with Crippen molar-refractivity contribution >= 4 is 5.71 Å². The molecule has 2 nitrogen and oxygen atoms in total. The number of hydrogen-bond donors (Lipinski definition) is 1. The van der Waals surface area contributed by atoms with Gasteiger partial charge in [-0.05, 0) is 18.8 Å². The van der Waals surface area contributed by atoms with E-state index < -0.39 is 0 Å². The molecule has 2 heteroatoms. The lowest BCUT2D eigenvalue weighted by Gasteiger charge is -2.51. The molecule has 3 aliphatic heterocycles. The summed E-state index contributed by atoms with van der Waals surface area (Å²) in [5, 5.41) is 7.89. The molecular weight excluding hydrogens is 136 g/mol. The Balaban J connectivity index is 1.96. The third kappa shape index (κ3) is 0.734. The van der Waals surface area contributed by atoms with Crippen molar-refractivity contribution in [3.8, 4) is 0 Å². The molecule has 2 atom stereocenters. The van der Waals surface area contributed by atoms with Crippen LogP contribution in [-0.4, -0.2) is 30.2 Å². The Kier molecular flexibility index (Phi) is 1.05. The van der Waals surface area contributed by atoms with E-state index in [0.29, 0.717) is 11.8 Å². The van der Waals surface area contributed by atoms with Gasteiger partial charge in [-0.3, -0.25) is 0 Å². The average Bonchev–Trinajstić information content (AvgIpc) is 1.98. The molecule has 0 aromatic carbocycles. The Labute approximate surface area is 67.1 Å². The molecule has 4 rings (SSSR count). The Morgan fingerprint density at radius 2 is 1.73 bits per heavy atom. The van der Waals surface area contributed by atoms with Crippen molar-refractivity contribution in [1.29, 1.82) is 5.41 Å². The predicted molar refractivity (Wildman–Crippen MR) is 43.9 cm³/mol. The molecule has 1 saturated carbocycles. The van der Waals surface area contributed by atoms with Crippen LogP contribution in [0.25, 0.3) is 0 Å². The summed E-state index contributed by atoms with van der Waals surface area (Å²) in [6.07, 6.45) is 2.65. The lowest BCUT2D eigenvalue weighted by Crippen LogP contribution is -2.57. The average molecular weight is 150 g/mol. The maximum Gasteiger partial charge on any atom is 0.0177 e. The quantitative estimate of drug-likeness (QED) is 0.547. The molecule has 60 valence electrons. The van der Waals surface area contributed by atoms with E-state index in [9.17, 15) is 0 Å². The molecule has 1 aliphatic carbocycles. The Morgan fingerprint density at radius 1 is 1.09 bits per heavy atom. The first-order valence-corrected chi connectivity index (χ1v) is 4.63. The van der Waals surface area contributed by atoms with E-state index >= 15 is 0 Å². The van der Waals surface area contributed by atoms with Gasteiger partial charge >= 0.3 is 0 Å². The van der Waals surface area contributed by atoms with Crippen LogP contribution in [0.2, 0.25) is 0 Å². The minimum Gasteiger partial charge on any atom is -0.309 e. The highest BCUT2D eigenvalue weighted by Gasteiger charge is 2.44. The van der Waals surface area contributed by atoms with Gasteiger partial charge in [0.15, 0.2) is 0 Å². The molecule has 0 radical (unpaired) electrons. The Hall–Kier alpha value is -0.370. The molecule has 0 aromatic heterocycles. The molecule has 4 aliphatic rings. The highest BCUT2D eigenvalue weighted by atomic mass is 15.2. The SMILES string of the molecule is N=C1C2CC3CC1CN(C3)C2. The van der Waals surface area contributed by atoms with Crippen LogP contribution in [0.1, 0.15) is 12.8 Å². The number of nitrogens with one attached hydrogen (secondary N) is 1. The number of piperidine rings is 3. The largest absolute Gasteiger partial charge is 0.309 e. The fourth-order valence-corrected chi connectivity index (χ4v) is 3.20. The number of hydrogen-bond acceptors (Lipinski definition) is 2. The minimum atomic E-state index is 0.654. The van der Waals surface area contributed by atoms with Gasteiger partial charge in [0.05, 0.1) is 0 Å². The second-order valence-electron chi connectivity index (χ2n) is 4.41. The van der Waals surface area contributed by atoms with Gasteiger partial charge in [0.1, 0.15) is 0 Å². The van der Waals surface area contributed by atoms with Crippen molar-refractivity contribution in [2.45, 2.75) is 12.8 Å². The standard InChI is InChI=1S/C9H14N2/c10-9-7-1-6-2-8(9)5-11(3-6)4-7/h6-8,10H,1-5H2. The summed E-state index contributed by atoms with van der Waals surface area (Å²) >= 11 is 0.